The molecule has 5 nitrogen and oxygen atoms in total. The second-order valence-corrected chi connectivity index (χ2v) is 7.67. The number of aromatic nitrogens is 1. The maximum absolute atomic E-state index is 12.4. The molecule has 1 fully saturated rings. The molecule has 1 aromatic carbocycles. The molecular formula is C19H19N3O2S2. The van der Waals surface area contributed by atoms with Crippen LogP contribution in [0.2, 0.25) is 0 Å². The molecule has 0 atom stereocenters. The SMILES string of the molecule is CCN1C(=O)/C(=C/c2cc(C)n(-c3ccc(C(N)=O)cc3)c2C)SC1=S. The first-order valence-corrected chi connectivity index (χ1v) is 9.40. The van der Waals surface area contributed by atoms with Crippen LogP contribution in [0.5, 0.6) is 0 Å². The summed E-state index contributed by atoms with van der Waals surface area (Å²) in [5, 5.41) is 0. The van der Waals surface area contributed by atoms with Crippen molar-refractivity contribution in [3.63, 3.8) is 0 Å². The maximum atomic E-state index is 12.4. The van der Waals surface area contributed by atoms with Gasteiger partial charge in [-0.15, -0.1) is 0 Å². The number of carbonyl (C=O) groups is 2. The molecule has 0 unspecified atom stereocenters. The molecule has 26 heavy (non-hydrogen) atoms. The number of nitrogens with zero attached hydrogens (tertiary/aromatic N) is 2. The Morgan fingerprint density at radius 3 is 2.46 bits per heavy atom. The number of aryl methyl sites for hydroxylation is 1. The monoisotopic (exact) mass is 385 g/mol. The van der Waals surface area contributed by atoms with Crippen LogP contribution in [0, 0.1) is 13.8 Å². The first-order valence-electron chi connectivity index (χ1n) is 8.18. The summed E-state index contributed by atoms with van der Waals surface area (Å²) < 4.78 is 2.68. The minimum Gasteiger partial charge on any atom is -0.366 e. The molecule has 2 heterocycles. The number of thioether (sulfide) groups is 1. The molecule has 2 N–H and O–H groups in total. The predicted molar refractivity (Wildman–Crippen MR) is 109 cm³/mol. The number of hydrogen-bond acceptors (Lipinski definition) is 4. The van der Waals surface area contributed by atoms with Crippen molar-refractivity contribution in [3.05, 3.63) is 57.8 Å². The zero-order valence-corrected chi connectivity index (χ0v) is 16.4. The average molecular weight is 386 g/mol. The molecule has 0 bridgehead atoms. The fourth-order valence-electron chi connectivity index (χ4n) is 3.02. The van der Waals surface area contributed by atoms with Crippen molar-refractivity contribution in [1.29, 1.82) is 0 Å². The minimum atomic E-state index is -0.448. The zero-order valence-electron chi connectivity index (χ0n) is 14.8. The topological polar surface area (TPSA) is 68.3 Å². The lowest BCUT2D eigenvalue weighted by molar-refractivity contribution is -0.121. The number of hydrogen-bond donors (Lipinski definition) is 1. The Hall–Kier alpha value is -2.38. The van der Waals surface area contributed by atoms with Crippen LogP contribution in [-0.2, 0) is 4.79 Å². The van der Waals surface area contributed by atoms with Crippen molar-refractivity contribution in [2.75, 3.05) is 6.54 Å². The smallest absolute Gasteiger partial charge is 0.266 e. The molecule has 1 aliphatic heterocycles. The van der Waals surface area contributed by atoms with Crippen LogP contribution in [0.3, 0.4) is 0 Å². The van der Waals surface area contributed by atoms with Gasteiger partial charge in [0, 0.05) is 29.2 Å². The standard InChI is InChI=1S/C19H19N3O2S2/c1-4-21-18(24)16(26-19(21)25)10-14-9-11(2)22(12(14)3)15-7-5-13(6-8-15)17(20)23/h5-10H,4H2,1-3H3,(H2,20,23)/b16-10-. The van der Waals surface area contributed by atoms with Crippen molar-refractivity contribution >= 4 is 46.2 Å². The number of rotatable bonds is 4. The van der Waals surface area contributed by atoms with Gasteiger partial charge in [-0.1, -0.05) is 24.0 Å². The second-order valence-electron chi connectivity index (χ2n) is 6.00. The molecule has 2 amide bonds. The number of likely N-dealkylation sites (N-methyl/N-ethyl adjacent to an activating group) is 1. The third kappa shape index (κ3) is 3.20. The largest absolute Gasteiger partial charge is 0.366 e. The van der Waals surface area contributed by atoms with Gasteiger partial charge in [0.25, 0.3) is 5.91 Å². The average Bonchev–Trinajstić information content (AvgIpc) is 3.03. The molecular weight excluding hydrogens is 366 g/mol. The van der Waals surface area contributed by atoms with E-state index in [2.05, 4.69) is 4.57 Å². The molecule has 0 aliphatic carbocycles. The Labute approximate surface area is 161 Å². The highest BCUT2D eigenvalue weighted by Gasteiger charge is 2.30. The van der Waals surface area contributed by atoms with E-state index in [0.29, 0.717) is 21.3 Å². The zero-order chi connectivity index (χ0) is 19.0. The number of primary amides is 1. The Morgan fingerprint density at radius 2 is 1.92 bits per heavy atom. The van der Waals surface area contributed by atoms with Crippen LogP contribution in [0.4, 0.5) is 0 Å². The normalized spacial score (nSPS) is 16.0. The summed E-state index contributed by atoms with van der Waals surface area (Å²) in [5.74, 6) is -0.491. The Kier molecular flexibility index (Phi) is 5.02. The number of amides is 2. The lowest BCUT2D eigenvalue weighted by atomic mass is 10.2. The van der Waals surface area contributed by atoms with E-state index < -0.39 is 5.91 Å². The Morgan fingerprint density at radius 1 is 1.27 bits per heavy atom. The van der Waals surface area contributed by atoms with Gasteiger partial charge in [0.1, 0.15) is 4.32 Å². The van der Waals surface area contributed by atoms with Gasteiger partial charge in [-0.2, -0.15) is 0 Å². The van der Waals surface area contributed by atoms with Crippen molar-refractivity contribution in [2.24, 2.45) is 5.73 Å². The fraction of sp³-hybridized carbons (Fsp3) is 0.211. The lowest BCUT2D eigenvalue weighted by Crippen LogP contribution is -2.27. The van der Waals surface area contributed by atoms with Gasteiger partial charge in [0.2, 0.25) is 5.91 Å². The van der Waals surface area contributed by atoms with Crippen molar-refractivity contribution in [1.82, 2.24) is 9.47 Å². The Bertz CT molecular complexity index is 942. The van der Waals surface area contributed by atoms with Crippen LogP contribution >= 0.6 is 24.0 Å². The molecule has 134 valence electrons. The number of thiocarbonyl (C=S) groups is 1. The van der Waals surface area contributed by atoms with E-state index in [-0.39, 0.29) is 5.91 Å². The molecule has 7 heteroatoms. The van der Waals surface area contributed by atoms with Crippen LogP contribution in [0.25, 0.3) is 11.8 Å². The fourth-order valence-corrected chi connectivity index (χ4v) is 4.39. The maximum Gasteiger partial charge on any atom is 0.266 e. The van der Waals surface area contributed by atoms with Crippen LogP contribution in [-0.4, -0.2) is 32.1 Å². The molecule has 1 aromatic heterocycles. The summed E-state index contributed by atoms with van der Waals surface area (Å²) in [6, 6.07) is 9.18. The van der Waals surface area contributed by atoms with E-state index >= 15 is 0 Å². The van der Waals surface area contributed by atoms with Gasteiger partial charge in [-0.3, -0.25) is 14.5 Å². The van der Waals surface area contributed by atoms with E-state index in [1.807, 2.05) is 45.0 Å². The highest BCUT2D eigenvalue weighted by atomic mass is 32.2. The van der Waals surface area contributed by atoms with Crippen LogP contribution in [0.1, 0.15) is 34.2 Å². The lowest BCUT2D eigenvalue weighted by Gasteiger charge is -2.10. The van der Waals surface area contributed by atoms with E-state index in [1.165, 1.54) is 11.8 Å². The summed E-state index contributed by atoms with van der Waals surface area (Å²) in [7, 11) is 0. The van der Waals surface area contributed by atoms with Crippen molar-refractivity contribution < 1.29 is 9.59 Å². The van der Waals surface area contributed by atoms with Crippen LogP contribution in [0.15, 0.2) is 35.2 Å². The Balaban J connectivity index is 1.99. The molecule has 0 saturated carbocycles. The van der Waals surface area contributed by atoms with Gasteiger partial charge in [-0.05, 0) is 62.7 Å². The molecule has 0 radical (unpaired) electrons. The van der Waals surface area contributed by atoms with Gasteiger partial charge in [-0.25, -0.2) is 0 Å². The number of benzene rings is 1. The molecule has 1 saturated heterocycles. The highest BCUT2D eigenvalue weighted by molar-refractivity contribution is 8.26. The summed E-state index contributed by atoms with van der Waals surface area (Å²) in [6.07, 6.45) is 1.89. The first-order chi connectivity index (χ1) is 12.3. The second kappa shape index (κ2) is 7.09. The quantitative estimate of drug-likeness (QED) is 0.647. The highest BCUT2D eigenvalue weighted by Crippen LogP contribution is 2.33. The third-order valence-corrected chi connectivity index (χ3v) is 5.73. The summed E-state index contributed by atoms with van der Waals surface area (Å²) >= 11 is 6.60. The summed E-state index contributed by atoms with van der Waals surface area (Å²) in [6.45, 7) is 6.49. The number of nitrogens with two attached hydrogens (primary N) is 1. The third-order valence-electron chi connectivity index (χ3n) is 4.36. The van der Waals surface area contributed by atoms with E-state index in [4.69, 9.17) is 18.0 Å². The predicted octanol–water partition coefficient (Wildman–Crippen LogP) is 3.41. The number of carbonyl (C=O) groups excluding carboxylic acids is 2. The molecule has 3 rings (SSSR count). The van der Waals surface area contributed by atoms with Crippen LogP contribution < -0.4 is 5.73 Å². The van der Waals surface area contributed by atoms with Gasteiger partial charge in [0.05, 0.1) is 4.91 Å². The van der Waals surface area contributed by atoms with Gasteiger partial charge < -0.3 is 10.3 Å². The van der Waals surface area contributed by atoms with E-state index in [1.54, 1.807) is 17.0 Å². The van der Waals surface area contributed by atoms with E-state index in [9.17, 15) is 9.59 Å². The first kappa shape index (κ1) is 18.4. The molecule has 1 aliphatic rings. The van der Waals surface area contributed by atoms with Crippen molar-refractivity contribution in [2.45, 2.75) is 20.8 Å². The molecule has 2 aromatic rings. The van der Waals surface area contributed by atoms with Gasteiger partial charge >= 0.3 is 0 Å². The van der Waals surface area contributed by atoms with Crippen molar-refractivity contribution in [3.8, 4) is 5.69 Å². The minimum absolute atomic E-state index is 0.0434. The summed E-state index contributed by atoms with van der Waals surface area (Å²) in [4.78, 5) is 25.9. The van der Waals surface area contributed by atoms with Gasteiger partial charge in [0.15, 0.2) is 0 Å². The van der Waals surface area contributed by atoms with E-state index in [0.717, 1.165) is 22.6 Å². The molecule has 0 spiro atoms. The summed E-state index contributed by atoms with van der Waals surface area (Å²) in [5.41, 5.74) is 9.72.